The van der Waals surface area contributed by atoms with E-state index in [1.165, 1.54) is 21.9 Å². The summed E-state index contributed by atoms with van der Waals surface area (Å²) in [6.07, 6.45) is -4.68. The van der Waals surface area contributed by atoms with Crippen LogP contribution in [0.1, 0.15) is 5.82 Å². The number of rotatable bonds is 3. The van der Waals surface area contributed by atoms with Crippen LogP contribution < -0.4 is 0 Å². The Labute approximate surface area is 160 Å². The molecule has 0 spiro atoms. The average molecular weight is 397 g/mol. The number of carbonyl (C=O) groups excluding carboxylic acids is 2. The molecule has 2 aromatic rings. The molecule has 0 N–H and O–H groups in total. The summed E-state index contributed by atoms with van der Waals surface area (Å²) < 4.78 is 41.2. The summed E-state index contributed by atoms with van der Waals surface area (Å²) in [5.74, 6) is -1.72. The Kier molecular flexibility index (Phi) is 5.33. The molecule has 3 rings (SSSR count). The highest BCUT2D eigenvalue weighted by Gasteiger charge is 2.39. The first-order chi connectivity index (χ1) is 13.1. The van der Waals surface area contributed by atoms with E-state index in [0.29, 0.717) is 13.1 Å². The molecule has 1 unspecified atom stereocenters. The minimum atomic E-state index is -4.68. The van der Waals surface area contributed by atoms with Gasteiger partial charge in [-0.25, -0.2) is 4.98 Å². The van der Waals surface area contributed by atoms with Crippen LogP contribution in [0.3, 0.4) is 0 Å². The lowest BCUT2D eigenvalue weighted by Crippen LogP contribution is -2.58. The Bertz CT molecular complexity index is 893. The number of aromatic nitrogens is 2. The van der Waals surface area contributed by atoms with Gasteiger partial charge in [-0.1, -0.05) is 12.1 Å². The van der Waals surface area contributed by atoms with Gasteiger partial charge in [0.05, 0.1) is 11.0 Å². The number of benzene rings is 1. The number of likely N-dealkylation sites (N-methyl/N-ethyl adjacent to an activating group) is 2. The number of hydrogen-bond acceptors (Lipinski definition) is 4. The predicted molar refractivity (Wildman–Crippen MR) is 96.4 cm³/mol. The number of nitrogens with zero attached hydrogens (tertiary/aromatic N) is 5. The summed E-state index contributed by atoms with van der Waals surface area (Å²) >= 11 is 0. The van der Waals surface area contributed by atoms with E-state index >= 15 is 0 Å². The largest absolute Gasteiger partial charge is 0.449 e. The topological polar surface area (TPSA) is 61.7 Å². The molecular formula is C18H22F3N5O2. The van der Waals surface area contributed by atoms with Gasteiger partial charge >= 0.3 is 6.18 Å². The number of carbonyl (C=O) groups is 2. The van der Waals surface area contributed by atoms with Crippen molar-refractivity contribution in [1.82, 2.24) is 24.3 Å². The van der Waals surface area contributed by atoms with E-state index in [4.69, 9.17) is 0 Å². The highest BCUT2D eigenvalue weighted by Crippen LogP contribution is 2.31. The molecule has 2 amide bonds. The van der Waals surface area contributed by atoms with Gasteiger partial charge in [-0.3, -0.25) is 14.5 Å². The fourth-order valence-electron chi connectivity index (χ4n) is 3.35. The summed E-state index contributed by atoms with van der Waals surface area (Å²) in [7, 11) is 5.05. The number of halogens is 3. The van der Waals surface area contributed by atoms with Gasteiger partial charge in [-0.05, 0) is 19.2 Å². The van der Waals surface area contributed by atoms with Crippen molar-refractivity contribution in [1.29, 1.82) is 0 Å². The molecule has 10 heteroatoms. The standard InChI is InChI=1S/C18H22F3N5O2/c1-23(2)16(28)14-10-25(9-8-24(14)3)15(27)11-26-13-7-5-4-6-12(13)22-17(26)18(19,20)21/h4-7,14H,8-11H2,1-3H3. The first kappa shape index (κ1) is 20.1. The van der Waals surface area contributed by atoms with E-state index in [1.807, 2.05) is 4.90 Å². The third kappa shape index (κ3) is 3.82. The summed E-state index contributed by atoms with van der Waals surface area (Å²) in [5, 5.41) is 0. The van der Waals surface area contributed by atoms with Crippen LogP contribution in [-0.4, -0.2) is 82.9 Å². The third-order valence-electron chi connectivity index (χ3n) is 4.93. The summed E-state index contributed by atoms with van der Waals surface area (Å²) in [6.45, 7) is 0.468. The van der Waals surface area contributed by atoms with Gasteiger partial charge < -0.3 is 14.4 Å². The number of amides is 2. The van der Waals surface area contributed by atoms with Gasteiger partial charge in [0.25, 0.3) is 0 Å². The second-order valence-corrected chi connectivity index (χ2v) is 7.08. The van der Waals surface area contributed by atoms with Gasteiger partial charge in [0, 0.05) is 33.7 Å². The SMILES string of the molecule is CN(C)C(=O)C1CN(C(=O)Cn2c(C(F)(F)F)nc3ccccc32)CCN1C. The van der Waals surface area contributed by atoms with Gasteiger partial charge in [0.15, 0.2) is 0 Å². The fourth-order valence-corrected chi connectivity index (χ4v) is 3.35. The van der Waals surface area contributed by atoms with Crippen LogP contribution in [0.15, 0.2) is 24.3 Å². The highest BCUT2D eigenvalue weighted by atomic mass is 19.4. The first-order valence-corrected chi connectivity index (χ1v) is 8.81. The number of hydrogen-bond donors (Lipinski definition) is 0. The van der Waals surface area contributed by atoms with Gasteiger partial charge in [0.2, 0.25) is 17.6 Å². The number of alkyl halides is 3. The predicted octanol–water partition coefficient (Wildman–Crippen LogP) is 1.29. The lowest BCUT2D eigenvalue weighted by atomic mass is 10.1. The average Bonchev–Trinajstić information content (AvgIpc) is 3.00. The second-order valence-electron chi connectivity index (χ2n) is 7.08. The molecule has 1 saturated heterocycles. The second kappa shape index (κ2) is 7.42. The van der Waals surface area contributed by atoms with Gasteiger partial charge in [0.1, 0.15) is 12.6 Å². The van der Waals surface area contributed by atoms with E-state index in [0.717, 1.165) is 4.57 Å². The lowest BCUT2D eigenvalue weighted by Gasteiger charge is -2.39. The van der Waals surface area contributed by atoms with E-state index < -0.39 is 30.5 Å². The van der Waals surface area contributed by atoms with Crippen LogP contribution in [0.4, 0.5) is 13.2 Å². The van der Waals surface area contributed by atoms with Crippen molar-refractivity contribution < 1.29 is 22.8 Å². The molecule has 0 bridgehead atoms. The van der Waals surface area contributed by atoms with Crippen LogP contribution in [0.2, 0.25) is 0 Å². The third-order valence-corrected chi connectivity index (χ3v) is 4.93. The van der Waals surface area contributed by atoms with Crippen molar-refractivity contribution in [2.45, 2.75) is 18.8 Å². The maximum absolute atomic E-state index is 13.4. The summed E-state index contributed by atoms with van der Waals surface area (Å²) in [5.41, 5.74) is 0.430. The van der Waals surface area contributed by atoms with E-state index in [2.05, 4.69) is 4.98 Å². The van der Waals surface area contributed by atoms with Crippen molar-refractivity contribution >= 4 is 22.8 Å². The molecule has 2 heterocycles. The van der Waals surface area contributed by atoms with E-state index in [9.17, 15) is 22.8 Å². The molecule has 7 nitrogen and oxygen atoms in total. The fraction of sp³-hybridized carbons (Fsp3) is 0.500. The maximum Gasteiger partial charge on any atom is 0.449 e. The smallest absolute Gasteiger partial charge is 0.347 e. The molecule has 152 valence electrons. The van der Waals surface area contributed by atoms with Crippen molar-refractivity contribution in [3.05, 3.63) is 30.1 Å². The van der Waals surface area contributed by atoms with Crippen LogP contribution in [0.25, 0.3) is 11.0 Å². The molecule has 1 aliphatic heterocycles. The molecule has 0 aliphatic carbocycles. The summed E-state index contributed by atoms with van der Waals surface area (Å²) in [6, 6.07) is 5.67. The Hall–Kier alpha value is -2.62. The lowest BCUT2D eigenvalue weighted by molar-refractivity contribution is -0.148. The summed E-state index contributed by atoms with van der Waals surface area (Å²) in [4.78, 5) is 33.5. The van der Waals surface area contributed by atoms with Crippen molar-refractivity contribution in [2.75, 3.05) is 40.8 Å². The van der Waals surface area contributed by atoms with Crippen molar-refractivity contribution in [3.63, 3.8) is 0 Å². The van der Waals surface area contributed by atoms with Crippen LogP contribution in [0.5, 0.6) is 0 Å². The molecule has 1 fully saturated rings. The zero-order chi connectivity index (χ0) is 20.6. The Morgan fingerprint density at radius 1 is 1.21 bits per heavy atom. The molecule has 1 aromatic heterocycles. The van der Waals surface area contributed by atoms with Crippen LogP contribution >= 0.6 is 0 Å². The quantitative estimate of drug-likeness (QED) is 0.783. The molecule has 0 radical (unpaired) electrons. The highest BCUT2D eigenvalue weighted by molar-refractivity contribution is 5.84. The molecule has 1 atom stereocenters. The van der Waals surface area contributed by atoms with Crippen LogP contribution in [-0.2, 0) is 22.3 Å². The molecule has 1 aromatic carbocycles. The Morgan fingerprint density at radius 2 is 1.89 bits per heavy atom. The zero-order valence-corrected chi connectivity index (χ0v) is 15.9. The van der Waals surface area contributed by atoms with Crippen LogP contribution in [0, 0.1) is 0 Å². The Balaban J connectivity index is 1.86. The van der Waals surface area contributed by atoms with Gasteiger partial charge in [-0.2, -0.15) is 13.2 Å². The van der Waals surface area contributed by atoms with Gasteiger partial charge in [-0.15, -0.1) is 0 Å². The van der Waals surface area contributed by atoms with E-state index in [1.54, 1.807) is 33.3 Å². The monoisotopic (exact) mass is 397 g/mol. The molecule has 1 aliphatic rings. The number of para-hydroxylation sites is 2. The molecule has 0 saturated carbocycles. The first-order valence-electron chi connectivity index (χ1n) is 8.81. The normalized spacial score (nSPS) is 18.5. The van der Waals surface area contributed by atoms with Crippen molar-refractivity contribution in [2.24, 2.45) is 0 Å². The zero-order valence-electron chi connectivity index (χ0n) is 15.9. The number of imidazole rings is 1. The number of piperazine rings is 1. The minimum absolute atomic E-state index is 0.139. The minimum Gasteiger partial charge on any atom is -0.347 e. The number of fused-ring (bicyclic) bond motifs is 1. The molecule has 28 heavy (non-hydrogen) atoms. The Morgan fingerprint density at radius 3 is 2.54 bits per heavy atom. The maximum atomic E-state index is 13.4. The molecular weight excluding hydrogens is 375 g/mol. The van der Waals surface area contributed by atoms with E-state index in [-0.39, 0.29) is 23.5 Å². The van der Waals surface area contributed by atoms with Crippen molar-refractivity contribution in [3.8, 4) is 0 Å².